The van der Waals surface area contributed by atoms with E-state index in [1.807, 2.05) is 6.07 Å². The fourth-order valence-electron chi connectivity index (χ4n) is 6.35. The Labute approximate surface area is 267 Å². The summed E-state index contributed by atoms with van der Waals surface area (Å²) >= 11 is 0. The maximum atomic E-state index is 11.6. The first-order valence-electron chi connectivity index (χ1n) is 18.8. The molecule has 43 heavy (non-hydrogen) atoms. The van der Waals surface area contributed by atoms with Gasteiger partial charge in [-0.2, -0.15) is 0 Å². The van der Waals surface area contributed by atoms with Gasteiger partial charge >= 0.3 is 7.82 Å². The summed E-state index contributed by atoms with van der Waals surface area (Å²) in [6, 6.07) is 5.75. The van der Waals surface area contributed by atoms with Gasteiger partial charge in [-0.15, -0.1) is 0 Å². The average molecular weight is 623 g/mol. The number of hydrogen-bond acceptors (Lipinski definition) is 2. The zero-order chi connectivity index (χ0) is 31.3. The quantitative estimate of drug-likeness (QED) is 0.0619. The maximum absolute atomic E-state index is 11.6. The summed E-state index contributed by atoms with van der Waals surface area (Å²) in [7, 11) is -4.57. The smallest absolute Gasteiger partial charge is 0.404 e. The maximum Gasteiger partial charge on any atom is 0.524 e. The van der Waals surface area contributed by atoms with Crippen molar-refractivity contribution in [2.45, 2.75) is 206 Å². The fraction of sp³-hybridized carbons (Fsp3) is 0.842. The SMILES string of the molecule is CCCCCCCCCCCCCCCCc1cccc(OP(=O)(O)O)c1CCCCCCCCCCCCCCCC. The molecule has 0 aliphatic heterocycles. The van der Waals surface area contributed by atoms with Crippen molar-refractivity contribution < 1.29 is 18.9 Å². The van der Waals surface area contributed by atoms with Crippen molar-refractivity contribution in [3.63, 3.8) is 0 Å². The van der Waals surface area contributed by atoms with Crippen LogP contribution in [0.5, 0.6) is 5.75 Å². The van der Waals surface area contributed by atoms with Crippen LogP contribution in [0.1, 0.15) is 205 Å². The van der Waals surface area contributed by atoms with Gasteiger partial charge in [-0.1, -0.05) is 193 Å². The highest BCUT2D eigenvalue weighted by molar-refractivity contribution is 7.46. The molecule has 5 heteroatoms. The van der Waals surface area contributed by atoms with Gasteiger partial charge in [0.05, 0.1) is 0 Å². The molecule has 0 saturated heterocycles. The summed E-state index contributed by atoms with van der Waals surface area (Å²) < 4.78 is 16.8. The van der Waals surface area contributed by atoms with E-state index in [1.165, 1.54) is 173 Å². The summed E-state index contributed by atoms with van der Waals surface area (Å²) in [4.78, 5) is 19.0. The van der Waals surface area contributed by atoms with Crippen LogP contribution in [-0.2, 0) is 17.4 Å². The lowest BCUT2D eigenvalue weighted by Crippen LogP contribution is -2.01. The van der Waals surface area contributed by atoms with Crippen molar-refractivity contribution in [1.82, 2.24) is 0 Å². The largest absolute Gasteiger partial charge is 0.524 e. The van der Waals surface area contributed by atoms with Crippen molar-refractivity contribution in [2.75, 3.05) is 0 Å². The number of phosphoric ester groups is 1. The number of hydrogen-bond donors (Lipinski definition) is 2. The van der Waals surface area contributed by atoms with E-state index in [1.54, 1.807) is 6.07 Å². The molecule has 0 unspecified atom stereocenters. The van der Waals surface area contributed by atoms with Crippen LogP contribution in [-0.4, -0.2) is 9.79 Å². The zero-order valence-electron chi connectivity index (χ0n) is 28.6. The van der Waals surface area contributed by atoms with Gasteiger partial charge < -0.3 is 4.52 Å². The van der Waals surface area contributed by atoms with E-state index >= 15 is 0 Å². The lowest BCUT2D eigenvalue weighted by atomic mass is 9.95. The normalized spacial score (nSPS) is 11.8. The molecule has 1 rings (SSSR count). The molecular formula is C38H71O4P. The summed E-state index contributed by atoms with van der Waals surface area (Å²) in [5.41, 5.74) is 2.22. The Balaban J connectivity index is 2.24. The van der Waals surface area contributed by atoms with Crippen molar-refractivity contribution >= 4 is 7.82 Å². The number of aryl methyl sites for hydroxylation is 1. The Bertz CT molecular complexity index is 790. The molecule has 0 radical (unpaired) electrons. The highest BCUT2D eigenvalue weighted by Gasteiger charge is 2.19. The average Bonchev–Trinajstić information content (AvgIpc) is 2.97. The highest BCUT2D eigenvalue weighted by atomic mass is 31.2. The molecule has 0 atom stereocenters. The lowest BCUT2D eigenvalue weighted by Gasteiger charge is -2.16. The van der Waals surface area contributed by atoms with E-state index in [-0.39, 0.29) is 0 Å². The van der Waals surface area contributed by atoms with Crippen LogP contribution < -0.4 is 4.52 Å². The van der Waals surface area contributed by atoms with E-state index < -0.39 is 7.82 Å². The van der Waals surface area contributed by atoms with E-state index in [9.17, 15) is 14.4 Å². The van der Waals surface area contributed by atoms with Gasteiger partial charge in [-0.05, 0) is 42.9 Å². The molecule has 1 aromatic carbocycles. The molecule has 0 saturated carbocycles. The van der Waals surface area contributed by atoms with Gasteiger partial charge in [-0.25, -0.2) is 4.57 Å². The zero-order valence-corrected chi connectivity index (χ0v) is 29.5. The minimum atomic E-state index is -4.57. The van der Waals surface area contributed by atoms with Crippen LogP contribution in [0, 0.1) is 0 Å². The molecule has 0 fully saturated rings. The monoisotopic (exact) mass is 623 g/mol. The molecule has 1 aromatic rings. The molecule has 2 N–H and O–H groups in total. The summed E-state index contributed by atoms with van der Waals surface area (Å²) in [6.07, 6.45) is 39.2. The van der Waals surface area contributed by atoms with Crippen molar-refractivity contribution in [2.24, 2.45) is 0 Å². The molecule has 4 nitrogen and oxygen atoms in total. The van der Waals surface area contributed by atoms with Crippen LogP contribution >= 0.6 is 7.82 Å². The number of rotatable bonds is 32. The fourth-order valence-corrected chi connectivity index (χ4v) is 6.78. The summed E-state index contributed by atoms with van der Waals surface area (Å²) in [5, 5.41) is 0. The molecule has 0 aliphatic carbocycles. The second-order valence-electron chi connectivity index (χ2n) is 13.2. The van der Waals surface area contributed by atoms with Crippen LogP contribution in [0.4, 0.5) is 0 Å². The molecule has 252 valence electrons. The van der Waals surface area contributed by atoms with E-state index in [2.05, 4.69) is 19.9 Å². The first kappa shape index (κ1) is 40.2. The number of unbranched alkanes of at least 4 members (excludes halogenated alkanes) is 26. The van der Waals surface area contributed by atoms with Gasteiger partial charge in [0.25, 0.3) is 0 Å². The number of phosphoric acid groups is 1. The second-order valence-corrected chi connectivity index (χ2v) is 14.3. The Kier molecular flexibility index (Phi) is 26.8. The predicted molar refractivity (Wildman–Crippen MR) is 187 cm³/mol. The van der Waals surface area contributed by atoms with Crippen LogP contribution in [0.15, 0.2) is 18.2 Å². The molecule has 0 amide bonds. The molecule has 0 aliphatic rings. The van der Waals surface area contributed by atoms with Gasteiger partial charge in [0.15, 0.2) is 0 Å². The summed E-state index contributed by atoms with van der Waals surface area (Å²) in [6.45, 7) is 4.56. The van der Waals surface area contributed by atoms with E-state index in [0.717, 1.165) is 31.2 Å². The predicted octanol–water partition coefficient (Wildman–Crippen LogP) is 13.2. The molecule has 0 aromatic heterocycles. The van der Waals surface area contributed by atoms with Crippen LogP contribution in [0.3, 0.4) is 0 Å². The van der Waals surface area contributed by atoms with Gasteiger partial charge in [-0.3, -0.25) is 9.79 Å². The second kappa shape index (κ2) is 28.6. The minimum Gasteiger partial charge on any atom is -0.404 e. The lowest BCUT2D eigenvalue weighted by molar-refractivity contribution is 0.282. The molecular weight excluding hydrogens is 551 g/mol. The van der Waals surface area contributed by atoms with Crippen molar-refractivity contribution in [1.29, 1.82) is 0 Å². The minimum absolute atomic E-state index is 0.380. The van der Waals surface area contributed by atoms with Crippen molar-refractivity contribution in [3.8, 4) is 5.75 Å². The van der Waals surface area contributed by atoms with E-state index in [4.69, 9.17) is 4.52 Å². The third-order valence-electron chi connectivity index (χ3n) is 9.03. The Morgan fingerprint density at radius 3 is 1.16 bits per heavy atom. The highest BCUT2D eigenvalue weighted by Crippen LogP contribution is 2.40. The molecule has 0 bridgehead atoms. The number of benzene rings is 1. The van der Waals surface area contributed by atoms with Gasteiger partial charge in [0.2, 0.25) is 0 Å². The van der Waals surface area contributed by atoms with Crippen molar-refractivity contribution in [3.05, 3.63) is 29.3 Å². The topological polar surface area (TPSA) is 66.8 Å². The Morgan fingerprint density at radius 2 is 0.814 bits per heavy atom. The first-order chi connectivity index (χ1) is 21.0. The van der Waals surface area contributed by atoms with Crippen LogP contribution in [0.25, 0.3) is 0 Å². The first-order valence-corrected chi connectivity index (χ1v) is 20.4. The third-order valence-corrected chi connectivity index (χ3v) is 9.46. The Hall–Kier alpha value is -0.830. The third kappa shape index (κ3) is 25.1. The standard InChI is InChI=1S/C38H71O4P/c1-3-5-7-9-11-13-15-17-19-21-23-25-27-29-32-36-33-31-35-38(42-43(39,40)41)37(36)34-30-28-26-24-22-20-18-16-14-12-10-8-6-4-2/h31,33,35H,3-30,32,34H2,1-2H3,(H2,39,40,41). The molecule has 0 heterocycles. The van der Waals surface area contributed by atoms with Crippen LogP contribution in [0.2, 0.25) is 0 Å². The molecule has 0 spiro atoms. The summed E-state index contributed by atoms with van der Waals surface area (Å²) in [5.74, 6) is 0.380. The van der Waals surface area contributed by atoms with E-state index in [0.29, 0.717) is 5.75 Å². The van der Waals surface area contributed by atoms with Gasteiger partial charge in [0.1, 0.15) is 5.75 Å². The van der Waals surface area contributed by atoms with Gasteiger partial charge in [0, 0.05) is 0 Å². The Morgan fingerprint density at radius 1 is 0.488 bits per heavy atom.